The van der Waals surface area contributed by atoms with Gasteiger partial charge in [-0.3, -0.25) is 9.59 Å². The standard InChI is InChI=1S/C17H19FN2O5S/c1-11-8-13(12(2)20(11)3)15(21)10-25-17(22)9-19-26(23,24)16-7-5-4-6-14(16)18/h4-8,19H,9-10H2,1-3H3. The SMILES string of the molecule is Cc1cc(C(=O)COC(=O)CNS(=O)(=O)c2ccccc2F)c(C)n1C. The molecule has 140 valence electrons. The highest BCUT2D eigenvalue weighted by molar-refractivity contribution is 7.89. The van der Waals surface area contributed by atoms with Crippen LogP contribution in [0.4, 0.5) is 4.39 Å². The molecule has 0 radical (unpaired) electrons. The molecule has 26 heavy (non-hydrogen) atoms. The van der Waals surface area contributed by atoms with E-state index < -0.39 is 45.6 Å². The molecule has 7 nitrogen and oxygen atoms in total. The summed E-state index contributed by atoms with van der Waals surface area (Å²) in [4.78, 5) is 23.3. The van der Waals surface area contributed by atoms with E-state index in [-0.39, 0.29) is 0 Å². The number of Topliss-reactive ketones (excluding diaryl/α,β-unsaturated/α-hetero) is 1. The van der Waals surface area contributed by atoms with Crippen LogP contribution in [0.15, 0.2) is 35.2 Å². The molecule has 0 amide bonds. The Morgan fingerprint density at radius 3 is 2.46 bits per heavy atom. The molecule has 0 saturated heterocycles. The quantitative estimate of drug-likeness (QED) is 0.578. The van der Waals surface area contributed by atoms with E-state index in [0.717, 1.165) is 23.5 Å². The largest absolute Gasteiger partial charge is 0.456 e. The zero-order valence-corrected chi connectivity index (χ0v) is 15.4. The van der Waals surface area contributed by atoms with Crippen molar-refractivity contribution in [3.8, 4) is 0 Å². The Balaban J connectivity index is 1.92. The number of aryl methyl sites for hydroxylation is 1. The zero-order valence-electron chi connectivity index (χ0n) is 14.6. The van der Waals surface area contributed by atoms with Crippen molar-refractivity contribution in [1.29, 1.82) is 0 Å². The molecule has 2 aromatic rings. The minimum absolute atomic E-state index is 0.392. The van der Waals surface area contributed by atoms with Gasteiger partial charge < -0.3 is 9.30 Å². The molecule has 2 rings (SSSR count). The third-order valence-corrected chi connectivity index (χ3v) is 5.41. The van der Waals surface area contributed by atoms with Gasteiger partial charge in [0.1, 0.15) is 17.3 Å². The molecule has 0 spiro atoms. The van der Waals surface area contributed by atoms with E-state index >= 15 is 0 Å². The first-order valence-electron chi connectivity index (χ1n) is 7.69. The maximum atomic E-state index is 13.5. The van der Waals surface area contributed by atoms with Crippen LogP contribution in [0.5, 0.6) is 0 Å². The lowest BCUT2D eigenvalue weighted by atomic mass is 10.1. The minimum Gasteiger partial charge on any atom is -0.456 e. The van der Waals surface area contributed by atoms with Gasteiger partial charge in [0.15, 0.2) is 6.61 Å². The second-order valence-corrected chi connectivity index (χ2v) is 7.42. The zero-order chi connectivity index (χ0) is 19.5. The average molecular weight is 382 g/mol. The molecule has 0 aliphatic heterocycles. The van der Waals surface area contributed by atoms with E-state index in [0.29, 0.717) is 5.56 Å². The number of rotatable bonds is 7. The Labute approximate surface area is 150 Å². The molecule has 0 fully saturated rings. The topological polar surface area (TPSA) is 94.5 Å². The average Bonchev–Trinajstić information content (AvgIpc) is 2.85. The number of ketones is 1. The van der Waals surface area contributed by atoms with Crippen LogP contribution in [0.25, 0.3) is 0 Å². The summed E-state index contributed by atoms with van der Waals surface area (Å²) >= 11 is 0. The van der Waals surface area contributed by atoms with Crippen molar-refractivity contribution in [2.75, 3.05) is 13.2 Å². The summed E-state index contributed by atoms with van der Waals surface area (Å²) in [7, 11) is -2.39. The highest BCUT2D eigenvalue weighted by Gasteiger charge is 2.21. The molecule has 0 unspecified atom stereocenters. The van der Waals surface area contributed by atoms with Gasteiger partial charge in [-0.15, -0.1) is 0 Å². The van der Waals surface area contributed by atoms with Gasteiger partial charge in [-0.25, -0.2) is 12.8 Å². The summed E-state index contributed by atoms with van der Waals surface area (Å²) in [6.07, 6.45) is 0. The number of sulfonamides is 1. The van der Waals surface area contributed by atoms with Gasteiger partial charge >= 0.3 is 5.97 Å². The molecule has 1 aromatic heterocycles. The second-order valence-electron chi connectivity index (χ2n) is 5.68. The Kier molecular flexibility index (Phi) is 5.94. The van der Waals surface area contributed by atoms with Crippen LogP contribution in [0.3, 0.4) is 0 Å². The highest BCUT2D eigenvalue weighted by atomic mass is 32.2. The van der Waals surface area contributed by atoms with E-state index in [1.807, 2.05) is 23.3 Å². The molecule has 0 saturated carbocycles. The molecule has 0 aliphatic rings. The summed E-state index contributed by atoms with van der Waals surface area (Å²) in [6, 6.07) is 6.47. The molecule has 0 bridgehead atoms. The third-order valence-electron chi connectivity index (χ3n) is 3.97. The van der Waals surface area contributed by atoms with Crippen LogP contribution in [0.1, 0.15) is 21.7 Å². The van der Waals surface area contributed by atoms with Gasteiger partial charge in [-0.05, 0) is 32.0 Å². The molecular formula is C17H19FN2O5S. The first-order chi connectivity index (χ1) is 12.1. The number of carbonyl (C=O) groups is 2. The number of nitrogens with one attached hydrogen (secondary N) is 1. The molecule has 1 aromatic carbocycles. The number of nitrogens with zero attached hydrogens (tertiary/aromatic N) is 1. The van der Waals surface area contributed by atoms with Gasteiger partial charge in [-0.2, -0.15) is 4.72 Å². The summed E-state index contributed by atoms with van der Waals surface area (Å²) in [5.74, 6) is -2.27. The number of ether oxygens (including phenoxy) is 1. The van der Waals surface area contributed by atoms with Crippen LogP contribution in [-0.4, -0.2) is 37.9 Å². The van der Waals surface area contributed by atoms with Crippen molar-refractivity contribution in [2.24, 2.45) is 7.05 Å². The summed E-state index contributed by atoms with van der Waals surface area (Å²) in [5.41, 5.74) is 2.06. The Morgan fingerprint density at radius 2 is 1.88 bits per heavy atom. The number of carbonyl (C=O) groups excluding carboxylic acids is 2. The fraction of sp³-hybridized carbons (Fsp3) is 0.294. The smallest absolute Gasteiger partial charge is 0.321 e. The first-order valence-corrected chi connectivity index (χ1v) is 9.17. The van der Waals surface area contributed by atoms with Crippen molar-refractivity contribution in [1.82, 2.24) is 9.29 Å². The van der Waals surface area contributed by atoms with E-state index in [1.165, 1.54) is 12.1 Å². The fourth-order valence-corrected chi connectivity index (χ4v) is 3.35. The predicted molar refractivity (Wildman–Crippen MR) is 91.8 cm³/mol. The Hall–Kier alpha value is -2.52. The van der Waals surface area contributed by atoms with Crippen LogP contribution in [-0.2, 0) is 26.6 Å². The van der Waals surface area contributed by atoms with Crippen LogP contribution in [0.2, 0.25) is 0 Å². The van der Waals surface area contributed by atoms with Crippen LogP contribution < -0.4 is 4.72 Å². The molecule has 9 heteroatoms. The number of esters is 1. The van der Waals surface area contributed by atoms with Gasteiger partial charge in [0.25, 0.3) is 0 Å². The van der Waals surface area contributed by atoms with Gasteiger partial charge in [-0.1, -0.05) is 12.1 Å². The number of aromatic nitrogens is 1. The summed E-state index contributed by atoms with van der Waals surface area (Å²) in [6.45, 7) is 2.39. The second kappa shape index (κ2) is 7.79. The predicted octanol–water partition coefficient (Wildman–Crippen LogP) is 1.49. The van der Waals surface area contributed by atoms with E-state index in [1.54, 1.807) is 13.0 Å². The lowest BCUT2D eigenvalue weighted by Gasteiger charge is -2.08. The number of hydrogen-bond donors (Lipinski definition) is 1. The molecule has 0 atom stereocenters. The monoisotopic (exact) mass is 382 g/mol. The van der Waals surface area contributed by atoms with E-state index in [4.69, 9.17) is 4.74 Å². The van der Waals surface area contributed by atoms with Crippen molar-refractivity contribution < 1.29 is 27.1 Å². The number of halogens is 1. The summed E-state index contributed by atoms with van der Waals surface area (Å²) in [5, 5.41) is 0. The van der Waals surface area contributed by atoms with E-state index in [9.17, 15) is 22.4 Å². The normalized spacial score (nSPS) is 11.4. The number of benzene rings is 1. The number of hydrogen-bond acceptors (Lipinski definition) is 5. The van der Waals surface area contributed by atoms with Crippen molar-refractivity contribution in [3.63, 3.8) is 0 Å². The van der Waals surface area contributed by atoms with Crippen molar-refractivity contribution in [2.45, 2.75) is 18.7 Å². The van der Waals surface area contributed by atoms with Crippen molar-refractivity contribution in [3.05, 3.63) is 53.1 Å². The molecule has 1 heterocycles. The van der Waals surface area contributed by atoms with Gasteiger partial charge in [0, 0.05) is 24.0 Å². The Morgan fingerprint density at radius 1 is 1.23 bits per heavy atom. The maximum absolute atomic E-state index is 13.5. The van der Waals surface area contributed by atoms with Crippen LogP contribution in [0, 0.1) is 19.7 Å². The third kappa shape index (κ3) is 4.36. The molecular weight excluding hydrogens is 363 g/mol. The maximum Gasteiger partial charge on any atom is 0.321 e. The van der Waals surface area contributed by atoms with Crippen molar-refractivity contribution >= 4 is 21.8 Å². The first kappa shape index (κ1) is 19.8. The van der Waals surface area contributed by atoms with Gasteiger partial charge in [0.05, 0.1) is 0 Å². The lowest BCUT2D eigenvalue weighted by Crippen LogP contribution is -2.32. The summed E-state index contributed by atoms with van der Waals surface area (Å²) < 4.78 is 46.1. The van der Waals surface area contributed by atoms with Crippen LogP contribution >= 0.6 is 0 Å². The Bertz CT molecular complexity index is 950. The lowest BCUT2D eigenvalue weighted by molar-refractivity contribution is -0.141. The van der Waals surface area contributed by atoms with Gasteiger partial charge in [0.2, 0.25) is 15.8 Å². The van der Waals surface area contributed by atoms with E-state index in [2.05, 4.69) is 0 Å². The molecule has 1 N–H and O–H groups in total. The fourth-order valence-electron chi connectivity index (χ4n) is 2.31. The highest BCUT2D eigenvalue weighted by Crippen LogP contribution is 2.14. The minimum atomic E-state index is -4.20. The molecule has 0 aliphatic carbocycles.